The number of benzene rings is 2. The number of carboxylic acid groups (broad SMARTS) is 1. The number of hydrogen-bond acceptors (Lipinski definition) is 4. The monoisotopic (exact) mass is 367 g/mol. The maximum Gasteiger partial charge on any atom is 0.307 e. The highest BCUT2D eigenvalue weighted by molar-refractivity contribution is 5.93. The SMILES string of the molecule is COc1ccc2c(c1)OCC(C(=O)Nc1ccc([C@@H]3C[C@H]3C(=O)O)cc1)C2. The molecule has 1 saturated carbocycles. The second-order valence-corrected chi connectivity index (χ2v) is 7.08. The smallest absolute Gasteiger partial charge is 0.307 e. The van der Waals surface area contributed by atoms with Crippen molar-refractivity contribution in [2.75, 3.05) is 19.0 Å². The molecule has 0 bridgehead atoms. The summed E-state index contributed by atoms with van der Waals surface area (Å²) >= 11 is 0. The minimum absolute atomic E-state index is 0.0842. The summed E-state index contributed by atoms with van der Waals surface area (Å²) in [7, 11) is 1.61. The van der Waals surface area contributed by atoms with E-state index in [4.69, 9.17) is 14.6 Å². The Morgan fingerprint density at radius 1 is 1.19 bits per heavy atom. The van der Waals surface area contributed by atoms with E-state index in [9.17, 15) is 9.59 Å². The molecule has 1 unspecified atom stereocenters. The number of carbonyl (C=O) groups is 2. The van der Waals surface area contributed by atoms with E-state index in [1.807, 2.05) is 42.5 Å². The molecule has 140 valence electrons. The standard InChI is InChI=1S/C21H21NO5/c1-26-16-7-4-13-8-14(11-27-19(13)9-16)20(23)22-15-5-2-12(3-6-15)17-10-18(17)21(24)25/h2-7,9,14,17-18H,8,10-11H2,1H3,(H,22,23)(H,24,25)/t14?,17-,18+/m0/s1. The van der Waals surface area contributed by atoms with Gasteiger partial charge >= 0.3 is 5.97 Å². The number of aliphatic carboxylic acids is 1. The van der Waals surface area contributed by atoms with E-state index >= 15 is 0 Å². The van der Waals surface area contributed by atoms with Gasteiger partial charge in [0.05, 0.1) is 18.9 Å². The Hall–Kier alpha value is -3.02. The van der Waals surface area contributed by atoms with Crippen LogP contribution in [-0.2, 0) is 16.0 Å². The molecule has 0 spiro atoms. The molecule has 0 aromatic heterocycles. The van der Waals surface area contributed by atoms with E-state index in [1.54, 1.807) is 7.11 Å². The van der Waals surface area contributed by atoms with Crippen molar-refractivity contribution in [1.82, 2.24) is 0 Å². The van der Waals surface area contributed by atoms with Crippen LogP contribution in [0.4, 0.5) is 5.69 Å². The van der Waals surface area contributed by atoms with Gasteiger partial charge in [-0.25, -0.2) is 0 Å². The van der Waals surface area contributed by atoms with E-state index in [0.29, 0.717) is 25.1 Å². The summed E-state index contributed by atoms with van der Waals surface area (Å²) in [6.07, 6.45) is 1.30. The largest absolute Gasteiger partial charge is 0.497 e. The highest BCUT2D eigenvalue weighted by atomic mass is 16.5. The topological polar surface area (TPSA) is 84.9 Å². The molecule has 1 amide bonds. The minimum Gasteiger partial charge on any atom is -0.497 e. The lowest BCUT2D eigenvalue weighted by Gasteiger charge is -2.25. The molecule has 2 aliphatic rings. The van der Waals surface area contributed by atoms with E-state index in [0.717, 1.165) is 22.6 Å². The summed E-state index contributed by atoms with van der Waals surface area (Å²) in [6, 6.07) is 13.1. The average Bonchev–Trinajstić information content (AvgIpc) is 3.49. The van der Waals surface area contributed by atoms with Gasteiger partial charge < -0.3 is 19.9 Å². The van der Waals surface area contributed by atoms with Crippen LogP contribution in [0.1, 0.15) is 23.5 Å². The first-order valence-corrected chi connectivity index (χ1v) is 8.98. The number of anilines is 1. The highest BCUT2D eigenvalue weighted by Crippen LogP contribution is 2.47. The Morgan fingerprint density at radius 3 is 2.63 bits per heavy atom. The van der Waals surface area contributed by atoms with Crippen molar-refractivity contribution in [3.05, 3.63) is 53.6 Å². The van der Waals surface area contributed by atoms with Crippen molar-refractivity contribution < 1.29 is 24.2 Å². The Morgan fingerprint density at radius 2 is 1.96 bits per heavy atom. The van der Waals surface area contributed by atoms with Crippen molar-refractivity contribution in [3.63, 3.8) is 0 Å². The predicted molar refractivity (Wildman–Crippen MR) is 99.2 cm³/mol. The van der Waals surface area contributed by atoms with E-state index in [-0.39, 0.29) is 23.7 Å². The summed E-state index contributed by atoms with van der Waals surface area (Å²) in [5.74, 6) is 0.228. The minimum atomic E-state index is -0.743. The molecule has 27 heavy (non-hydrogen) atoms. The van der Waals surface area contributed by atoms with Crippen LogP contribution >= 0.6 is 0 Å². The molecule has 1 fully saturated rings. The fourth-order valence-corrected chi connectivity index (χ4v) is 3.54. The molecular formula is C21H21NO5. The van der Waals surface area contributed by atoms with Crippen molar-refractivity contribution in [1.29, 1.82) is 0 Å². The fraction of sp³-hybridized carbons (Fsp3) is 0.333. The molecule has 2 aromatic rings. The summed E-state index contributed by atoms with van der Waals surface area (Å²) in [6.45, 7) is 0.326. The van der Waals surface area contributed by atoms with Crippen molar-refractivity contribution in [3.8, 4) is 11.5 Å². The van der Waals surface area contributed by atoms with Gasteiger partial charge in [0.1, 0.15) is 18.1 Å². The van der Waals surface area contributed by atoms with Gasteiger partial charge in [-0.2, -0.15) is 0 Å². The number of amides is 1. The van der Waals surface area contributed by atoms with Gasteiger partial charge in [0.15, 0.2) is 0 Å². The van der Waals surface area contributed by atoms with Gasteiger partial charge in [-0.15, -0.1) is 0 Å². The Balaban J connectivity index is 1.37. The molecule has 0 saturated heterocycles. The normalized spacial score (nSPS) is 22.9. The molecule has 6 nitrogen and oxygen atoms in total. The van der Waals surface area contributed by atoms with Crippen molar-refractivity contribution in [2.45, 2.75) is 18.8 Å². The first-order chi connectivity index (χ1) is 13.0. The summed E-state index contributed by atoms with van der Waals surface area (Å²) in [4.78, 5) is 23.6. The lowest BCUT2D eigenvalue weighted by Crippen LogP contribution is -2.32. The van der Waals surface area contributed by atoms with Crippen LogP contribution in [-0.4, -0.2) is 30.7 Å². The third-order valence-corrected chi connectivity index (χ3v) is 5.27. The lowest BCUT2D eigenvalue weighted by molar-refractivity contribution is -0.138. The van der Waals surface area contributed by atoms with E-state index < -0.39 is 5.97 Å². The number of ether oxygens (including phenoxy) is 2. The Bertz CT molecular complexity index is 877. The first-order valence-electron chi connectivity index (χ1n) is 8.98. The molecule has 2 aromatic carbocycles. The fourth-order valence-electron chi connectivity index (χ4n) is 3.54. The molecule has 4 rings (SSSR count). The van der Waals surface area contributed by atoms with Gasteiger partial charge in [-0.1, -0.05) is 18.2 Å². The van der Waals surface area contributed by atoms with Gasteiger partial charge in [0.2, 0.25) is 5.91 Å². The van der Waals surface area contributed by atoms with Crippen LogP contribution in [0, 0.1) is 11.8 Å². The zero-order valence-electron chi connectivity index (χ0n) is 15.0. The van der Waals surface area contributed by atoms with Gasteiger partial charge in [0.25, 0.3) is 0 Å². The van der Waals surface area contributed by atoms with Crippen LogP contribution in [0.2, 0.25) is 0 Å². The number of methoxy groups -OCH3 is 1. The second-order valence-electron chi connectivity index (χ2n) is 7.08. The third kappa shape index (κ3) is 3.60. The van der Waals surface area contributed by atoms with Crippen LogP contribution in [0.5, 0.6) is 11.5 Å². The second kappa shape index (κ2) is 6.95. The maximum atomic E-state index is 12.6. The van der Waals surface area contributed by atoms with Gasteiger partial charge in [-0.3, -0.25) is 9.59 Å². The molecular weight excluding hydrogens is 346 g/mol. The quantitative estimate of drug-likeness (QED) is 0.848. The molecule has 1 aliphatic heterocycles. The van der Waals surface area contributed by atoms with Crippen LogP contribution in [0.15, 0.2) is 42.5 Å². The lowest BCUT2D eigenvalue weighted by atomic mass is 9.95. The average molecular weight is 367 g/mol. The Labute approximate surface area is 157 Å². The number of hydrogen-bond donors (Lipinski definition) is 2. The molecule has 6 heteroatoms. The number of fused-ring (bicyclic) bond motifs is 1. The highest BCUT2D eigenvalue weighted by Gasteiger charge is 2.44. The van der Waals surface area contributed by atoms with Crippen molar-refractivity contribution >= 4 is 17.6 Å². The first kappa shape index (κ1) is 17.4. The molecule has 1 aliphatic carbocycles. The predicted octanol–water partition coefficient (Wildman–Crippen LogP) is 3.07. The number of nitrogens with one attached hydrogen (secondary N) is 1. The third-order valence-electron chi connectivity index (χ3n) is 5.27. The van der Waals surface area contributed by atoms with Crippen molar-refractivity contribution in [2.24, 2.45) is 11.8 Å². The molecule has 3 atom stereocenters. The maximum absolute atomic E-state index is 12.6. The zero-order valence-corrected chi connectivity index (χ0v) is 15.0. The zero-order chi connectivity index (χ0) is 19.0. The van der Waals surface area contributed by atoms with E-state index in [1.165, 1.54) is 0 Å². The Kier molecular flexibility index (Phi) is 4.48. The van der Waals surface area contributed by atoms with Gasteiger partial charge in [-0.05, 0) is 48.1 Å². The van der Waals surface area contributed by atoms with Crippen LogP contribution in [0.25, 0.3) is 0 Å². The molecule has 2 N–H and O–H groups in total. The van der Waals surface area contributed by atoms with Gasteiger partial charge in [0, 0.05) is 11.8 Å². The van der Waals surface area contributed by atoms with E-state index in [2.05, 4.69) is 5.32 Å². The van der Waals surface area contributed by atoms with Crippen LogP contribution in [0.3, 0.4) is 0 Å². The summed E-state index contributed by atoms with van der Waals surface area (Å²) < 4.78 is 10.9. The number of rotatable bonds is 5. The summed E-state index contributed by atoms with van der Waals surface area (Å²) in [5, 5.41) is 12.0. The molecule has 0 radical (unpaired) electrons. The number of carbonyl (C=O) groups excluding carboxylic acids is 1. The number of carboxylic acids is 1. The molecule has 1 heterocycles. The van der Waals surface area contributed by atoms with Crippen LogP contribution < -0.4 is 14.8 Å². The summed E-state index contributed by atoms with van der Waals surface area (Å²) in [5.41, 5.74) is 2.70.